The van der Waals surface area contributed by atoms with Crippen molar-refractivity contribution in [2.45, 2.75) is 32.8 Å². The van der Waals surface area contributed by atoms with Crippen molar-refractivity contribution in [3.63, 3.8) is 0 Å². The Morgan fingerprint density at radius 3 is 2.62 bits per heavy atom. The van der Waals surface area contributed by atoms with Gasteiger partial charge in [0.15, 0.2) is 0 Å². The topological polar surface area (TPSA) is 23.5 Å². The summed E-state index contributed by atoms with van der Waals surface area (Å²) in [5.74, 6) is 0. The molecule has 1 aromatic rings. The number of thiophene rings is 1. The van der Waals surface area contributed by atoms with E-state index in [0.717, 1.165) is 36.9 Å². The van der Waals surface area contributed by atoms with Gasteiger partial charge in [0.25, 0.3) is 0 Å². The third kappa shape index (κ3) is 4.95. The molecule has 0 aliphatic rings. The number of aliphatic hydroxyl groups is 1. The molecule has 4 heteroatoms. The van der Waals surface area contributed by atoms with E-state index in [0.29, 0.717) is 0 Å². The Morgan fingerprint density at radius 2 is 2.12 bits per heavy atom. The molecule has 1 rings (SSSR count). The van der Waals surface area contributed by atoms with Crippen LogP contribution in [0.25, 0.3) is 0 Å². The minimum atomic E-state index is -0.217. The lowest BCUT2D eigenvalue weighted by Crippen LogP contribution is -2.27. The molecule has 1 atom stereocenters. The second kappa shape index (κ2) is 7.43. The molecule has 0 spiro atoms. The average molecular weight is 306 g/mol. The van der Waals surface area contributed by atoms with Gasteiger partial charge >= 0.3 is 0 Å². The van der Waals surface area contributed by atoms with Crippen LogP contribution in [0, 0.1) is 0 Å². The fourth-order valence-corrected chi connectivity index (χ4v) is 3.19. The lowest BCUT2D eigenvalue weighted by atomic mass is 10.1. The van der Waals surface area contributed by atoms with E-state index in [-0.39, 0.29) is 6.10 Å². The largest absolute Gasteiger partial charge is 0.393 e. The van der Waals surface area contributed by atoms with Crippen LogP contribution >= 0.6 is 27.3 Å². The highest BCUT2D eigenvalue weighted by Crippen LogP contribution is 2.21. The molecule has 0 saturated carbocycles. The smallest absolute Gasteiger partial charge is 0.0600 e. The molecule has 0 amide bonds. The summed E-state index contributed by atoms with van der Waals surface area (Å²) in [6, 6.07) is 2.09. The fraction of sp³-hybridized carbons (Fsp3) is 0.667. The molecule has 0 saturated heterocycles. The molecule has 0 radical (unpaired) electrons. The van der Waals surface area contributed by atoms with Crippen LogP contribution in [0.3, 0.4) is 0 Å². The Balaban J connectivity index is 2.27. The molecule has 0 aliphatic carbocycles. The normalized spacial score (nSPS) is 13.3. The predicted molar refractivity (Wildman–Crippen MR) is 74.1 cm³/mol. The van der Waals surface area contributed by atoms with E-state index < -0.39 is 0 Å². The van der Waals surface area contributed by atoms with Crippen molar-refractivity contribution in [3.8, 4) is 0 Å². The van der Waals surface area contributed by atoms with E-state index in [2.05, 4.69) is 46.1 Å². The van der Waals surface area contributed by atoms with Gasteiger partial charge in [0.1, 0.15) is 0 Å². The van der Waals surface area contributed by atoms with E-state index in [1.54, 1.807) is 11.3 Å². The van der Waals surface area contributed by atoms with Crippen molar-refractivity contribution < 1.29 is 5.11 Å². The zero-order valence-corrected chi connectivity index (χ0v) is 12.4. The number of hydrogen-bond acceptors (Lipinski definition) is 3. The molecule has 1 N–H and O–H groups in total. The highest BCUT2D eigenvalue weighted by Gasteiger charge is 2.09. The minimum Gasteiger partial charge on any atom is -0.393 e. The van der Waals surface area contributed by atoms with Gasteiger partial charge in [0, 0.05) is 27.7 Å². The van der Waals surface area contributed by atoms with Crippen molar-refractivity contribution in [1.82, 2.24) is 4.90 Å². The molecule has 1 aromatic heterocycles. The van der Waals surface area contributed by atoms with Gasteiger partial charge in [0.05, 0.1) is 6.10 Å². The maximum atomic E-state index is 9.92. The van der Waals surface area contributed by atoms with Crippen LogP contribution in [0.5, 0.6) is 0 Å². The highest BCUT2D eigenvalue weighted by atomic mass is 79.9. The zero-order chi connectivity index (χ0) is 12.0. The zero-order valence-electron chi connectivity index (χ0n) is 9.95. The van der Waals surface area contributed by atoms with Crippen molar-refractivity contribution in [1.29, 1.82) is 0 Å². The summed E-state index contributed by atoms with van der Waals surface area (Å²) in [4.78, 5) is 3.59. The number of halogens is 1. The van der Waals surface area contributed by atoms with Crippen LogP contribution in [0.4, 0.5) is 0 Å². The van der Waals surface area contributed by atoms with E-state index in [4.69, 9.17) is 0 Å². The summed E-state index contributed by atoms with van der Waals surface area (Å²) < 4.78 is 1.11. The second-order valence-corrected chi connectivity index (χ2v) is 5.82. The number of nitrogens with zero attached hydrogens (tertiary/aromatic N) is 1. The Bertz CT molecular complexity index is 299. The first-order valence-corrected chi connectivity index (χ1v) is 7.46. The Kier molecular flexibility index (Phi) is 6.58. The van der Waals surface area contributed by atoms with E-state index in [1.807, 2.05) is 0 Å². The van der Waals surface area contributed by atoms with Gasteiger partial charge in [-0.25, -0.2) is 0 Å². The van der Waals surface area contributed by atoms with Crippen molar-refractivity contribution >= 4 is 27.3 Å². The van der Waals surface area contributed by atoms with Gasteiger partial charge in [0.2, 0.25) is 0 Å². The summed E-state index contributed by atoms with van der Waals surface area (Å²) in [5, 5.41) is 12.0. The van der Waals surface area contributed by atoms with Gasteiger partial charge in [-0.1, -0.05) is 13.8 Å². The van der Waals surface area contributed by atoms with Crippen LogP contribution in [-0.2, 0) is 6.42 Å². The average Bonchev–Trinajstić information content (AvgIpc) is 2.65. The molecule has 1 heterocycles. The van der Waals surface area contributed by atoms with Crippen molar-refractivity contribution in [3.05, 3.63) is 20.8 Å². The number of rotatable bonds is 7. The van der Waals surface area contributed by atoms with E-state index in [1.165, 1.54) is 4.88 Å². The molecular weight excluding hydrogens is 286 g/mol. The third-order valence-corrected chi connectivity index (χ3v) is 4.45. The van der Waals surface area contributed by atoms with Crippen LogP contribution in [0.15, 0.2) is 15.9 Å². The first kappa shape index (κ1) is 14.2. The Hall–Kier alpha value is 0.1000. The summed E-state index contributed by atoms with van der Waals surface area (Å²) in [6.45, 7) is 7.43. The first-order valence-electron chi connectivity index (χ1n) is 5.79. The second-order valence-electron chi connectivity index (χ2n) is 3.90. The van der Waals surface area contributed by atoms with Gasteiger partial charge < -0.3 is 10.0 Å². The van der Waals surface area contributed by atoms with Crippen molar-refractivity contribution in [2.24, 2.45) is 0 Å². The summed E-state index contributed by atoms with van der Waals surface area (Å²) in [6.07, 6.45) is 1.42. The maximum Gasteiger partial charge on any atom is 0.0600 e. The lowest BCUT2D eigenvalue weighted by molar-refractivity contribution is 0.144. The standard InChI is InChI=1S/C12H20BrNOS/c1-3-14(4-2)6-5-11(15)8-12-7-10(13)9-16-12/h7,9,11,15H,3-6,8H2,1-2H3. The molecule has 0 fully saturated rings. The van der Waals surface area contributed by atoms with Crippen LogP contribution in [0.2, 0.25) is 0 Å². The number of aliphatic hydroxyl groups excluding tert-OH is 1. The monoisotopic (exact) mass is 305 g/mol. The van der Waals surface area contributed by atoms with Crippen molar-refractivity contribution in [2.75, 3.05) is 19.6 Å². The molecule has 0 bridgehead atoms. The summed E-state index contributed by atoms with van der Waals surface area (Å²) in [7, 11) is 0. The Labute approximate surface area is 110 Å². The van der Waals surface area contributed by atoms with Gasteiger partial charge in [-0.15, -0.1) is 11.3 Å². The maximum absolute atomic E-state index is 9.92. The molecular formula is C12H20BrNOS. The summed E-state index contributed by atoms with van der Waals surface area (Å²) >= 11 is 5.13. The molecule has 1 unspecified atom stereocenters. The molecule has 2 nitrogen and oxygen atoms in total. The Morgan fingerprint density at radius 1 is 1.44 bits per heavy atom. The number of hydrogen-bond donors (Lipinski definition) is 1. The minimum absolute atomic E-state index is 0.217. The van der Waals surface area contributed by atoms with E-state index in [9.17, 15) is 5.11 Å². The predicted octanol–water partition coefficient (Wildman–Crippen LogP) is 3.15. The van der Waals surface area contributed by atoms with Crippen LogP contribution in [-0.4, -0.2) is 35.7 Å². The van der Waals surface area contributed by atoms with Crippen LogP contribution in [0.1, 0.15) is 25.1 Å². The molecule has 92 valence electrons. The van der Waals surface area contributed by atoms with Crippen LogP contribution < -0.4 is 0 Å². The van der Waals surface area contributed by atoms with Gasteiger partial charge in [-0.05, 0) is 41.5 Å². The van der Waals surface area contributed by atoms with E-state index >= 15 is 0 Å². The first-order chi connectivity index (χ1) is 7.65. The summed E-state index contributed by atoms with van der Waals surface area (Å²) in [5.41, 5.74) is 0. The fourth-order valence-electron chi connectivity index (χ4n) is 1.67. The lowest BCUT2D eigenvalue weighted by Gasteiger charge is -2.19. The molecule has 16 heavy (non-hydrogen) atoms. The van der Waals surface area contributed by atoms with Gasteiger partial charge in [-0.3, -0.25) is 0 Å². The molecule has 0 aliphatic heterocycles. The quantitative estimate of drug-likeness (QED) is 0.836. The van der Waals surface area contributed by atoms with Gasteiger partial charge in [-0.2, -0.15) is 0 Å². The highest BCUT2D eigenvalue weighted by molar-refractivity contribution is 9.10. The SMILES string of the molecule is CCN(CC)CCC(O)Cc1cc(Br)cs1. The third-order valence-electron chi connectivity index (χ3n) is 2.73. The molecule has 0 aromatic carbocycles.